The molecule has 1 amide bonds. The molecule has 0 saturated carbocycles. The van der Waals surface area contributed by atoms with E-state index in [1.807, 2.05) is 24.3 Å². The third kappa shape index (κ3) is 6.84. The standard InChI is InChI=1S/C19H28N2O3.ClH/c22-19(7-6-15-8-10-20-11-9-15)21-16-3-1-4-17(13-16)24-14-18-5-2-12-23-18;/h1,3-4,13,15,18,20H,2,5-12,14H2,(H,21,22);1H. The number of ether oxygens (including phenoxy) is 2. The van der Waals surface area contributed by atoms with Gasteiger partial charge >= 0.3 is 0 Å². The summed E-state index contributed by atoms with van der Waals surface area (Å²) < 4.78 is 11.3. The van der Waals surface area contributed by atoms with Crippen molar-refractivity contribution in [1.29, 1.82) is 0 Å². The lowest BCUT2D eigenvalue weighted by Crippen LogP contribution is -2.28. The van der Waals surface area contributed by atoms with Gasteiger partial charge in [-0.25, -0.2) is 0 Å². The molecule has 1 aromatic carbocycles. The van der Waals surface area contributed by atoms with Gasteiger partial charge in [-0.15, -0.1) is 12.4 Å². The molecule has 0 aromatic heterocycles. The van der Waals surface area contributed by atoms with E-state index in [4.69, 9.17) is 9.47 Å². The summed E-state index contributed by atoms with van der Waals surface area (Å²) in [6.45, 7) is 3.57. The first-order valence-corrected chi connectivity index (χ1v) is 9.14. The quantitative estimate of drug-likeness (QED) is 0.774. The number of nitrogens with one attached hydrogen (secondary N) is 2. The van der Waals surface area contributed by atoms with Gasteiger partial charge in [0.1, 0.15) is 12.4 Å². The highest BCUT2D eigenvalue weighted by Crippen LogP contribution is 2.21. The summed E-state index contributed by atoms with van der Waals surface area (Å²) in [5, 5.41) is 6.34. The van der Waals surface area contributed by atoms with Crippen LogP contribution in [0.2, 0.25) is 0 Å². The molecule has 0 radical (unpaired) electrons. The van der Waals surface area contributed by atoms with Gasteiger partial charge in [0.15, 0.2) is 0 Å². The maximum absolute atomic E-state index is 12.1. The molecule has 2 heterocycles. The number of carbonyl (C=O) groups is 1. The van der Waals surface area contributed by atoms with Gasteiger partial charge in [-0.1, -0.05) is 6.07 Å². The van der Waals surface area contributed by atoms with E-state index in [9.17, 15) is 4.79 Å². The molecule has 3 rings (SSSR count). The van der Waals surface area contributed by atoms with E-state index in [1.54, 1.807) is 0 Å². The van der Waals surface area contributed by atoms with Crippen molar-refractivity contribution >= 4 is 24.0 Å². The van der Waals surface area contributed by atoms with Crippen LogP contribution >= 0.6 is 12.4 Å². The topological polar surface area (TPSA) is 59.6 Å². The molecule has 2 fully saturated rings. The summed E-state index contributed by atoms with van der Waals surface area (Å²) >= 11 is 0. The first-order chi connectivity index (χ1) is 11.8. The molecule has 1 aromatic rings. The predicted octanol–water partition coefficient (Wildman–Crippen LogP) is 3.38. The zero-order chi connectivity index (χ0) is 16.6. The molecule has 0 spiro atoms. The SMILES string of the molecule is Cl.O=C(CCC1CCNCC1)Nc1cccc(OCC2CCCO2)c1. The van der Waals surface area contributed by atoms with Crippen molar-refractivity contribution in [2.24, 2.45) is 5.92 Å². The molecule has 0 bridgehead atoms. The largest absolute Gasteiger partial charge is 0.491 e. The van der Waals surface area contributed by atoms with Gasteiger partial charge in [0.2, 0.25) is 5.91 Å². The van der Waals surface area contributed by atoms with Crippen LogP contribution in [-0.4, -0.2) is 38.3 Å². The molecular weight excluding hydrogens is 340 g/mol. The summed E-state index contributed by atoms with van der Waals surface area (Å²) in [4.78, 5) is 12.1. The first kappa shape index (κ1) is 20.0. The van der Waals surface area contributed by atoms with Crippen LogP contribution in [0.5, 0.6) is 5.75 Å². The minimum absolute atomic E-state index is 0. The van der Waals surface area contributed by atoms with Gasteiger partial charge in [0, 0.05) is 24.8 Å². The van der Waals surface area contributed by atoms with Crippen LogP contribution in [0.25, 0.3) is 0 Å². The van der Waals surface area contributed by atoms with Crippen LogP contribution in [0, 0.1) is 5.92 Å². The Kier molecular flexibility index (Phi) is 8.52. The fourth-order valence-corrected chi connectivity index (χ4v) is 3.36. The Morgan fingerprint density at radius 1 is 1.28 bits per heavy atom. The number of halogens is 1. The fourth-order valence-electron chi connectivity index (χ4n) is 3.36. The van der Waals surface area contributed by atoms with Crippen LogP contribution in [0.15, 0.2) is 24.3 Å². The minimum Gasteiger partial charge on any atom is -0.491 e. The van der Waals surface area contributed by atoms with Crippen molar-refractivity contribution in [2.75, 3.05) is 31.6 Å². The molecule has 2 aliphatic heterocycles. The van der Waals surface area contributed by atoms with Gasteiger partial charge in [0.05, 0.1) is 6.10 Å². The van der Waals surface area contributed by atoms with Gasteiger partial charge in [-0.2, -0.15) is 0 Å². The van der Waals surface area contributed by atoms with E-state index in [2.05, 4.69) is 10.6 Å². The smallest absolute Gasteiger partial charge is 0.224 e. The monoisotopic (exact) mass is 368 g/mol. The number of piperidine rings is 1. The van der Waals surface area contributed by atoms with Crippen LogP contribution in [-0.2, 0) is 9.53 Å². The summed E-state index contributed by atoms with van der Waals surface area (Å²) in [7, 11) is 0. The molecule has 2 saturated heterocycles. The average molecular weight is 369 g/mol. The van der Waals surface area contributed by atoms with E-state index >= 15 is 0 Å². The molecule has 2 aliphatic rings. The zero-order valence-corrected chi connectivity index (χ0v) is 15.5. The highest BCUT2D eigenvalue weighted by Gasteiger charge is 2.16. The van der Waals surface area contributed by atoms with Crippen LogP contribution < -0.4 is 15.4 Å². The molecular formula is C19H29ClN2O3. The van der Waals surface area contributed by atoms with E-state index in [-0.39, 0.29) is 24.4 Å². The molecule has 1 unspecified atom stereocenters. The number of hydrogen-bond acceptors (Lipinski definition) is 4. The van der Waals surface area contributed by atoms with Crippen molar-refractivity contribution in [1.82, 2.24) is 5.32 Å². The third-order valence-electron chi connectivity index (χ3n) is 4.82. The summed E-state index contributed by atoms with van der Waals surface area (Å²) in [6, 6.07) is 7.62. The Morgan fingerprint density at radius 3 is 2.88 bits per heavy atom. The second-order valence-corrected chi connectivity index (χ2v) is 6.75. The second kappa shape index (κ2) is 10.6. The number of rotatable bonds is 7. The van der Waals surface area contributed by atoms with Crippen molar-refractivity contribution < 1.29 is 14.3 Å². The van der Waals surface area contributed by atoms with Gasteiger partial charge in [-0.05, 0) is 63.2 Å². The molecule has 6 heteroatoms. The lowest BCUT2D eigenvalue weighted by atomic mass is 9.93. The van der Waals surface area contributed by atoms with Crippen molar-refractivity contribution in [2.45, 2.75) is 44.6 Å². The lowest BCUT2D eigenvalue weighted by Gasteiger charge is -2.22. The second-order valence-electron chi connectivity index (χ2n) is 6.75. The van der Waals surface area contributed by atoms with Crippen LogP contribution in [0.1, 0.15) is 38.5 Å². The van der Waals surface area contributed by atoms with Gasteiger partial charge in [0.25, 0.3) is 0 Å². The maximum atomic E-state index is 12.1. The summed E-state index contributed by atoms with van der Waals surface area (Å²) in [5.74, 6) is 1.55. The summed E-state index contributed by atoms with van der Waals surface area (Å²) in [6.07, 6.45) is 6.30. The molecule has 2 N–H and O–H groups in total. The predicted molar refractivity (Wildman–Crippen MR) is 102 cm³/mol. The molecule has 0 aliphatic carbocycles. The Morgan fingerprint density at radius 2 is 2.12 bits per heavy atom. The van der Waals surface area contributed by atoms with Crippen LogP contribution in [0.4, 0.5) is 5.69 Å². The molecule has 1 atom stereocenters. The minimum atomic E-state index is 0. The summed E-state index contributed by atoms with van der Waals surface area (Å²) in [5.41, 5.74) is 0.801. The van der Waals surface area contributed by atoms with Crippen LogP contribution in [0.3, 0.4) is 0 Å². The highest BCUT2D eigenvalue weighted by molar-refractivity contribution is 5.90. The highest BCUT2D eigenvalue weighted by atomic mass is 35.5. The van der Waals surface area contributed by atoms with E-state index < -0.39 is 0 Å². The molecule has 25 heavy (non-hydrogen) atoms. The van der Waals surface area contributed by atoms with Crippen molar-refractivity contribution in [3.63, 3.8) is 0 Å². The maximum Gasteiger partial charge on any atom is 0.224 e. The van der Waals surface area contributed by atoms with E-state index in [0.717, 1.165) is 50.4 Å². The van der Waals surface area contributed by atoms with Gasteiger partial charge in [-0.3, -0.25) is 4.79 Å². The number of anilines is 1. The molecule has 5 nitrogen and oxygen atoms in total. The molecule has 140 valence electrons. The Bertz CT molecular complexity index is 529. The number of hydrogen-bond donors (Lipinski definition) is 2. The Labute approximate surface area is 156 Å². The third-order valence-corrected chi connectivity index (χ3v) is 4.82. The normalized spacial score (nSPS) is 20.7. The van der Waals surface area contributed by atoms with Crippen molar-refractivity contribution in [3.05, 3.63) is 24.3 Å². The van der Waals surface area contributed by atoms with Gasteiger partial charge < -0.3 is 20.1 Å². The number of amides is 1. The van der Waals surface area contributed by atoms with E-state index in [0.29, 0.717) is 18.9 Å². The number of carbonyl (C=O) groups excluding carboxylic acids is 1. The fraction of sp³-hybridized carbons (Fsp3) is 0.632. The Hall–Kier alpha value is -1.30. The first-order valence-electron chi connectivity index (χ1n) is 9.14. The average Bonchev–Trinajstić information content (AvgIpc) is 3.13. The Balaban J connectivity index is 0.00000225. The number of benzene rings is 1. The van der Waals surface area contributed by atoms with Crippen molar-refractivity contribution in [3.8, 4) is 5.75 Å². The lowest BCUT2D eigenvalue weighted by molar-refractivity contribution is -0.116. The van der Waals surface area contributed by atoms with E-state index in [1.165, 1.54) is 12.8 Å². The zero-order valence-electron chi connectivity index (χ0n) is 14.7.